The van der Waals surface area contributed by atoms with Crippen LogP contribution in [-0.4, -0.2) is 46.8 Å². The van der Waals surface area contributed by atoms with Gasteiger partial charge in [0.15, 0.2) is 6.61 Å². The van der Waals surface area contributed by atoms with Gasteiger partial charge in [0.1, 0.15) is 12.3 Å². The van der Waals surface area contributed by atoms with Crippen molar-refractivity contribution < 1.29 is 27.5 Å². The van der Waals surface area contributed by atoms with E-state index in [0.29, 0.717) is 22.0 Å². The molecule has 0 aromatic heterocycles. The topological polar surface area (TPSA) is 114 Å². The molecule has 0 spiro atoms. The molecule has 0 aliphatic rings. The lowest BCUT2D eigenvalue weighted by atomic mass is 10.2. The Morgan fingerprint density at radius 3 is 2.29 bits per heavy atom. The predicted octanol–water partition coefficient (Wildman–Crippen LogP) is 3.24. The zero-order valence-corrected chi connectivity index (χ0v) is 20.2. The number of carbonyl (C=O) groups excluding carboxylic acids is 2. The third-order valence-corrected chi connectivity index (χ3v) is 6.64. The SMILES string of the molecule is COC(=O)COc1ccc(/C=N\NC(=O)CN(c2ccccc2)S(=O)(=O)c2ccc(Cl)cc2)cc1. The number of hydrazone groups is 1. The Morgan fingerprint density at radius 2 is 1.66 bits per heavy atom. The number of sulfonamides is 1. The van der Waals surface area contributed by atoms with Crippen molar-refractivity contribution >= 4 is 45.4 Å². The first kappa shape index (κ1) is 25.7. The number of nitrogens with one attached hydrogen (secondary N) is 1. The number of hydrogen-bond acceptors (Lipinski definition) is 7. The number of para-hydroxylation sites is 1. The van der Waals surface area contributed by atoms with E-state index in [9.17, 15) is 18.0 Å². The van der Waals surface area contributed by atoms with Crippen molar-refractivity contribution in [3.05, 3.63) is 89.4 Å². The molecule has 3 aromatic rings. The minimum Gasteiger partial charge on any atom is -0.482 e. The van der Waals surface area contributed by atoms with Crippen molar-refractivity contribution in [2.75, 3.05) is 24.6 Å². The highest BCUT2D eigenvalue weighted by molar-refractivity contribution is 7.92. The van der Waals surface area contributed by atoms with E-state index >= 15 is 0 Å². The lowest BCUT2D eigenvalue weighted by molar-refractivity contribution is -0.142. The van der Waals surface area contributed by atoms with Gasteiger partial charge >= 0.3 is 5.97 Å². The summed E-state index contributed by atoms with van der Waals surface area (Å²) in [6.07, 6.45) is 1.39. The van der Waals surface area contributed by atoms with E-state index < -0.39 is 28.4 Å². The third kappa shape index (κ3) is 7.29. The van der Waals surface area contributed by atoms with Gasteiger partial charge in [0.25, 0.3) is 15.9 Å². The lowest BCUT2D eigenvalue weighted by Gasteiger charge is -2.23. The van der Waals surface area contributed by atoms with Gasteiger partial charge in [0, 0.05) is 5.02 Å². The second kappa shape index (κ2) is 12.0. The highest BCUT2D eigenvalue weighted by atomic mass is 35.5. The fourth-order valence-corrected chi connectivity index (χ4v) is 4.39. The standard InChI is InChI=1S/C24H22ClN3O6S/c1-33-24(30)17-34-21-11-7-18(8-12-21)15-26-27-23(29)16-28(20-5-3-2-4-6-20)35(31,32)22-13-9-19(25)10-14-22/h2-15H,16-17H2,1H3,(H,27,29)/b26-15-. The van der Waals surface area contributed by atoms with Crippen LogP contribution in [0.4, 0.5) is 5.69 Å². The predicted molar refractivity (Wildman–Crippen MR) is 132 cm³/mol. The van der Waals surface area contributed by atoms with Gasteiger partial charge in [-0.05, 0) is 66.2 Å². The van der Waals surface area contributed by atoms with Crippen molar-refractivity contribution in [2.24, 2.45) is 5.10 Å². The average Bonchev–Trinajstić information content (AvgIpc) is 2.87. The molecule has 0 saturated heterocycles. The zero-order chi connectivity index (χ0) is 25.3. The Kier molecular flexibility index (Phi) is 8.82. The molecule has 0 atom stereocenters. The first-order chi connectivity index (χ1) is 16.8. The van der Waals surface area contributed by atoms with Crippen LogP contribution in [0.1, 0.15) is 5.56 Å². The lowest BCUT2D eigenvalue weighted by Crippen LogP contribution is -2.39. The van der Waals surface area contributed by atoms with Crippen molar-refractivity contribution in [3.8, 4) is 5.75 Å². The van der Waals surface area contributed by atoms with Gasteiger partial charge < -0.3 is 9.47 Å². The maximum absolute atomic E-state index is 13.2. The minimum absolute atomic E-state index is 0.00318. The molecule has 0 radical (unpaired) electrons. The van der Waals surface area contributed by atoms with Gasteiger partial charge in [-0.3, -0.25) is 9.10 Å². The first-order valence-corrected chi connectivity index (χ1v) is 12.1. The number of hydrogen-bond donors (Lipinski definition) is 1. The van der Waals surface area contributed by atoms with Gasteiger partial charge in [-0.25, -0.2) is 18.6 Å². The fraction of sp³-hybridized carbons (Fsp3) is 0.125. The van der Waals surface area contributed by atoms with Gasteiger partial charge in [-0.1, -0.05) is 29.8 Å². The van der Waals surface area contributed by atoms with Gasteiger partial charge in [0.2, 0.25) is 0 Å². The fourth-order valence-electron chi connectivity index (χ4n) is 2.84. The number of rotatable bonds is 10. The summed E-state index contributed by atoms with van der Waals surface area (Å²) in [5.41, 5.74) is 3.30. The maximum atomic E-state index is 13.2. The molecular formula is C24H22ClN3O6S. The second-order valence-electron chi connectivity index (χ2n) is 7.03. The van der Waals surface area contributed by atoms with Crippen LogP contribution in [0.15, 0.2) is 88.9 Å². The van der Waals surface area contributed by atoms with Crippen LogP contribution in [0.3, 0.4) is 0 Å². The largest absolute Gasteiger partial charge is 0.482 e. The molecule has 3 rings (SSSR count). The molecule has 0 saturated carbocycles. The van der Waals surface area contributed by atoms with Crippen LogP contribution < -0.4 is 14.5 Å². The van der Waals surface area contributed by atoms with E-state index in [1.807, 2.05) is 0 Å². The average molecular weight is 516 g/mol. The van der Waals surface area contributed by atoms with Crippen LogP contribution in [0.2, 0.25) is 5.02 Å². The highest BCUT2D eigenvalue weighted by Gasteiger charge is 2.27. The summed E-state index contributed by atoms with van der Waals surface area (Å²) in [6, 6.07) is 20.6. The number of nitrogens with zero attached hydrogens (tertiary/aromatic N) is 2. The van der Waals surface area contributed by atoms with Crippen molar-refractivity contribution in [3.63, 3.8) is 0 Å². The Hall–Kier alpha value is -3.89. The number of halogens is 1. The van der Waals surface area contributed by atoms with Gasteiger partial charge in [-0.15, -0.1) is 0 Å². The Balaban J connectivity index is 1.68. The molecule has 0 unspecified atom stereocenters. The van der Waals surface area contributed by atoms with Crippen molar-refractivity contribution in [1.29, 1.82) is 0 Å². The van der Waals surface area contributed by atoms with E-state index in [-0.39, 0.29) is 11.5 Å². The van der Waals surface area contributed by atoms with E-state index in [4.69, 9.17) is 16.3 Å². The quantitative estimate of drug-likeness (QED) is 0.252. The second-order valence-corrected chi connectivity index (χ2v) is 9.33. The molecule has 1 amide bonds. The molecule has 11 heteroatoms. The monoisotopic (exact) mass is 515 g/mol. The Morgan fingerprint density at radius 1 is 1.00 bits per heavy atom. The van der Waals surface area contributed by atoms with E-state index in [1.54, 1.807) is 54.6 Å². The Bertz CT molecular complexity index is 1280. The van der Waals surface area contributed by atoms with Gasteiger partial charge in [-0.2, -0.15) is 5.10 Å². The molecule has 1 N–H and O–H groups in total. The van der Waals surface area contributed by atoms with Crippen LogP contribution in [0.5, 0.6) is 5.75 Å². The van der Waals surface area contributed by atoms with Crippen molar-refractivity contribution in [1.82, 2.24) is 5.43 Å². The maximum Gasteiger partial charge on any atom is 0.343 e. The van der Waals surface area contributed by atoms with Crippen LogP contribution in [0, 0.1) is 0 Å². The molecule has 0 aliphatic heterocycles. The number of anilines is 1. The summed E-state index contributed by atoms with van der Waals surface area (Å²) in [6.45, 7) is -0.705. The minimum atomic E-state index is -4.05. The first-order valence-electron chi connectivity index (χ1n) is 10.2. The number of amides is 1. The van der Waals surface area contributed by atoms with Crippen LogP contribution in [-0.2, 0) is 24.3 Å². The number of benzene rings is 3. The van der Waals surface area contributed by atoms with E-state index in [2.05, 4.69) is 15.3 Å². The molecule has 182 valence electrons. The smallest absolute Gasteiger partial charge is 0.343 e. The van der Waals surface area contributed by atoms with Crippen LogP contribution in [0.25, 0.3) is 0 Å². The summed E-state index contributed by atoms with van der Waals surface area (Å²) in [7, 11) is -2.78. The third-order valence-electron chi connectivity index (χ3n) is 4.60. The summed E-state index contributed by atoms with van der Waals surface area (Å²) in [5, 5.41) is 4.29. The number of esters is 1. The molecule has 0 aliphatic carbocycles. The van der Waals surface area contributed by atoms with Crippen molar-refractivity contribution in [2.45, 2.75) is 4.90 Å². The number of carbonyl (C=O) groups is 2. The molecule has 0 fully saturated rings. The number of methoxy groups -OCH3 is 1. The van der Waals surface area contributed by atoms with Crippen LogP contribution >= 0.6 is 11.6 Å². The molecule has 3 aromatic carbocycles. The summed E-state index contributed by atoms with van der Waals surface area (Å²) in [5.74, 6) is -0.677. The molecular weight excluding hydrogens is 494 g/mol. The summed E-state index contributed by atoms with van der Waals surface area (Å²) in [4.78, 5) is 23.7. The molecule has 9 nitrogen and oxygen atoms in total. The van der Waals surface area contributed by atoms with Gasteiger partial charge in [0.05, 0.1) is 23.9 Å². The highest BCUT2D eigenvalue weighted by Crippen LogP contribution is 2.24. The normalized spacial score (nSPS) is 11.1. The van der Waals surface area contributed by atoms with E-state index in [0.717, 1.165) is 4.31 Å². The zero-order valence-electron chi connectivity index (χ0n) is 18.6. The summed E-state index contributed by atoms with van der Waals surface area (Å²) >= 11 is 5.88. The molecule has 35 heavy (non-hydrogen) atoms. The molecule has 0 heterocycles. The van der Waals surface area contributed by atoms with E-state index in [1.165, 1.54) is 37.6 Å². The summed E-state index contributed by atoms with van der Waals surface area (Å²) < 4.78 is 37.2. The number of ether oxygens (including phenoxy) is 2. The Labute approximate surface area is 208 Å². The molecule has 0 bridgehead atoms.